The van der Waals surface area contributed by atoms with Gasteiger partial charge in [0.25, 0.3) is 0 Å². The largest absolute Gasteiger partial charge is 0.331 e. The van der Waals surface area contributed by atoms with E-state index >= 15 is 0 Å². The maximum absolute atomic E-state index is 13.6. The first-order valence-electron chi connectivity index (χ1n) is 11.0. The van der Waals surface area contributed by atoms with Crippen LogP contribution in [0.15, 0.2) is 60.0 Å². The third-order valence-electron chi connectivity index (χ3n) is 5.99. The fraction of sp³-hybridized carbons (Fsp3) is 0.308. The Labute approximate surface area is 202 Å². The lowest BCUT2D eigenvalue weighted by molar-refractivity contribution is -0.142. The van der Waals surface area contributed by atoms with Crippen molar-refractivity contribution in [1.82, 2.24) is 9.80 Å². The first-order chi connectivity index (χ1) is 15.8. The first kappa shape index (κ1) is 23.5. The van der Waals surface area contributed by atoms with Gasteiger partial charge in [0.2, 0.25) is 11.8 Å². The van der Waals surface area contributed by atoms with Gasteiger partial charge >= 0.3 is 0 Å². The van der Waals surface area contributed by atoms with Crippen molar-refractivity contribution in [1.29, 1.82) is 0 Å². The van der Waals surface area contributed by atoms with Gasteiger partial charge in [-0.2, -0.15) is 0 Å². The highest BCUT2D eigenvalue weighted by Crippen LogP contribution is 2.38. The average Bonchev–Trinajstić information content (AvgIpc) is 3.27. The van der Waals surface area contributed by atoms with Crippen LogP contribution in [0, 0.1) is 5.82 Å². The molecule has 2 amide bonds. The summed E-state index contributed by atoms with van der Waals surface area (Å²) >= 11 is 7.81. The summed E-state index contributed by atoms with van der Waals surface area (Å²) in [6.07, 6.45) is 0.926. The van der Waals surface area contributed by atoms with Gasteiger partial charge in [-0.15, -0.1) is 11.3 Å². The second kappa shape index (κ2) is 10.1. The van der Waals surface area contributed by atoms with E-state index in [4.69, 9.17) is 11.6 Å². The number of rotatable bonds is 6. The maximum Gasteiger partial charge on any atom is 0.243 e. The number of nitrogens with zero attached hydrogens (tertiary/aromatic N) is 2. The highest BCUT2D eigenvalue weighted by molar-refractivity contribution is 7.10. The Morgan fingerprint density at radius 3 is 2.48 bits per heavy atom. The minimum Gasteiger partial charge on any atom is -0.331 e. The van der Waals surface area contributed by atoms with Gasteiger partial charge in [-0.25, -0.2) is 4.39 Å². The van der Waals surface area contributed by atoms with Crippen molar-refractivity contribution in [3.05, 3.63) is 92.4 Å². The monoisotopic (exact) mass is 484 g/mol. The van der Waals surface area contributed by atoms with Gasteiger partial charge in [0.1, 0.15) is 12.4 Å². The molecule has 0 spiro atoms. The van der Waals surface area contributed by atoms with E-state index in [0.29, 0.717) is 11.6 Å². The van der Waals surface area contributed by atoms with E-state index < -0.39 is 0 Å². The normalized spacial score (nSPS) is 15.4. The second-order valence-corrected chi connectivity index (χ2v) is 9.95. The topological polar surface area (TPSA) is 40.6 Å². The first-order valence-corrected chi connectivity index (χ1v) is 12.2. The summed E-state index contributed by atoms with van der Waals surface area (Å²) in [5.41, 5.74) is 2.86. The molecule has 0 N–H and O–H groups in total. The van der Waals surface area contributed by atoms with E-state index in [-0.39, 0.29) is 42.7 Å². The SMILES string of the molecule is CC(C)N(CC(=O)N1CCc2sccc2C1c1ccc(Cl)cc1)C(=O)Cc1ccc(F)cc1. The van der Waals surface area contributed by atoms with E-state index in [1.165, 1.54) is 17.0 Å². The molecule has 2 aromatic carbocycles. The molecule has 4 rings (SSSR count). The average molecular weight is 485 g/mol. The molecule has 0 fully saturated rings. The van der Waals surface area contributed by atoms with E-state index in [9.17, 15) is 14.0 Å². The van der Waals surface area contributed by atoms with Crippen molar-refractivity contribution in [3.63, 3.8) is 0 Å². The van der Waals surface area contributed by atoms with Crippen molar-refractivity contribution in [3.8, 4) is 0 Å². The van der Waals surface area contributed by atoms with Crippen molar-refractivity contribution in [2.24, 2.45) is 0 Å². The Kier molecular flexibility index (Phi) is 7.15. The van der Waals surface area contributed by atoms with Crippen LogP contribution in [0.2, 0.25) is 5.02 Å². The van der Waals surface area contributed by atoms with Gasteiger partial charge < -0.3 is 9.80 Å². The van der Waals surface area contributed by atoms with Crippen LogP contribution in [0.3, 0.4) is 0 Å². The fourth-order valence-corrected chi connectivity index (χ4v) is 5.29. The molecule has 0 saturated carbocycles. The third kappa shape index (κ3) is 5.28. The number of hydrogen-bond donors (Lipinski definition) is 0. The number of carbonyl (C=O) groups is 2. The number of fused-ring (bicyclic) bond motifs is 1. The molecule has 33 heavy (non-hydrogen) atoms. The molecule has 2 heterocycles. The van der Waals surface area contributed by atoms with Crippen LogP contribution in [0.4, 0.5) is 4.39 Å². The molecule has 1 aromatic heterocycles. The van der Waals surface area contributed by atoms with Crippen molar-refractivity contribution in [2.45, 2.75) is 38.8 Å². The molecular weight excluding hydrogens is 459 g/mol. The van der Waals surface area contributed by atoms with Crippen molar-refractivity contribution in [2.75, 3.05) is 13.1 Å². The quantitative estimate of drug-likeness (QED) is 0.464. The number of benzene rings is 2. The van der Waals surface area contributed by atoms with Crippen molar-refractivity contribution >= 4 is 34.8 Å². The zero-order valence-corrected chi connectivity index (χ0v) is 20.2. The van der Waals surface area contributed by atoms with Crippen LogP contribution >= 0.6 is 22.9 Å². The summed E-state index contributed by atoms with van der Waals surface area (Å²) in [7, 11) is 0. The maximum atomic E-state index is 13.6. The number of carbonyl (C=O) groups excluding carboxylic acids is 2. The molecule has 0 radical (unpaired) electrons. The predicted molar refractivity (Wildman–Crippen MR) is 130 cm³/mol. The van der Waals surface area contributed by atoms with E-state index in [0.717, 1.165) is 23.1 Å². The lowest BCUT2D eigenvalue weighted by atomic mass is 9.93. The number of halogens is 2. The molecule has 1 atom stereocenters. The van der Waals surface area contributed by atoms with Gasteiger partial charge in [0, 0.05) is 22.5 Å². The molecule has 1 aliphatic heterocycles. The third-order valence-corrected chi connectivity index (χ3v) is 7.24. The number of amides is 2. The highest BCUT2D eigenvalue weighted by atomic mass is 35.5. The molecule has 0 aliphatic carbocycles. The molecule has 3 aromatic rings. The second-order valence-electron chi connectivity index (χ2n) is 8.51. The zero-order chi connectivity index (χ0) is 23.5. The summed E-state index contributed by atoms with van der Waals surface area (Å²) in [5, 5.41) is 2.71. The highest BCUT2D eigenvalue weighted by Gasteiger charge is 2.34. The molecule has 1 aliphatic rings. The molecule has 0 bridgehead atoms. The fourth-order valence-electron chi connectivity index (χ4n) is 4.26. The Hall–Kier alpha value is -2.70. The zero-order valence-electron chi connectivity index (χ0n) is 18.6. The molecule has 4 nitrogen and oxygen atoms in total. The Balaban J connectivity index is 1.56. The van der Waals surface area contributed by atoms with Crippen LogP contribution in [0.25, 0.3) is 0 Å². The predicted octanol–water partition coefficient (Wildman–Crippen LogP) is 5.49. The Bertz CT molecular complexity index is 1130. The van der Waals surface area contributed by atoms with Crippen LogP contribution in [0.1, 0.15) is 41.5 Å². The lowest BCUT2D eigenvalue weighted by Gasteiger charge is -2.38. The summed E-state index contributed by atoms with van der Waals surface area (Å²) < 4.78 is 13.2. The van der Waals surface area contributed by atoms with Crippen LogP contribution < -0.4 is 0 Å². The minimum atomic E-state index is -0.340. The number of thiophene rings is 1. The molecular formula is C26H26ClFN2O2S. The van der Waals surface area contributed by atoms with Crippen molar-refractivity contribution < 1.29 is 14.0 Å². The van der Waals surface area contributed by atoms with Gasteiger partial charge in [0.05, 0.1) is 12.5 Å². The van der Waals surface area contributed by atoms with Crippen LogP contribution in [-0.2, 0) is 22.4 Å². The molecule has 172 valence electrons. The molecule has 0 saturated heterocycles. The smallest absolute Gasteiger partial charge is 0.243 e. The minimum absolute atomic E-state index is 0.00124. The van der Waals surface area contributed by atoms with Gasteiger partial charge in [-0.1, -0.05) is 35.9 Å². The number of hydrogen-bond acceptors (Lipinski definition) is 3. The Morgan fingerprint density at radius 1 is 1.12 bits per heavy atom. The molecule has 1 unspecified atom stereocenters. The summed E-state index contributed by atoms with van der Waals surface area (Å²) in [6.45, 7) is 4.40. The molecule has 7 heteroatoms. The summed E-state index contributed by atoms with van der Waals surface area (Å²) in [6, 6.07) is 15.2. The standard InChI is InChI=1S/C26H26ClFN2O2S/c1-17(2)30(24(31)15-18-3-9-21(28)10-4-18)16-25(32)29-13-11-23-22(12-14-33-23)26(29)19-5-7-20(27)8-6-19/h3-10,12,14,17,26H,11,13,15-16H2,1-2H3. The summed E-state index contributed by atoms with van der Waals surface area (Å²) in [5.74, 6) is -0.581. The van der Waals surface area contributed by atoms with Gasteiger partial charge in [0.15, 0.2) is 0 Å². The Morgan fingerprint density at radius 2 is 1.82 bits per heavy atom. The van der Waals surface area contributed by atoms with E-state index in [1.807, 2.05) is 43.0 Å². The van der Waals surface area contributed by atoms with E-state index in [2.05, 4.69) is 11.4 Å². The van der Waals surface area contributed by atoms with Gasteiger partial charge in [-0.3, -0.25) is 9.59 Å². The van der Waals surface area contributed by atoms with Crippen LogP contribution in [0.5, 0.6) is 0 Å². The van der Waals surface area contributed by atoms with E-state index in [1.54, 1.807) is 28.4 Å². The van der Waals surface area contributed by atoms with Crippen LogP contribution in [-0.4, -0.2) is 40.7 Å². The lowest BCUT2D eigenvalue weighted by Crippen LogP contribution is -2.49. The summed E-state index contributed by atoms with van der Waals surface area (Å²) in [4.78, 5) is 31.4. The van der Waals surface area contributed by atoms with Gasteiger partial charge in [-0.05, 0) is 72.7 Å².